The number of hydrogen-bond donors (Lipinski definition) is 2. The largest absolute Gasteiger partial charge is 0.482 e. The number of methoxy groups -OCH3 is 1. The number of hydrogen-bond acceptors (Lipinski definition) is 5. The summed E-state index contributed by atoms with van der Waals surface area (Å²) < 4.78 is 29.4. The van der Waals surface area contributed by atoms with E-state index in [-0.39, 0.29) is 18.0 Å². The second-order valence-corrected chi connectivity index (χ2v) is 6.31. The SMILES string of the molecule is CO[C@H]1COC[C@@H]1NCc1cc(-c2ccc(F)cc2)ccc1OCC(=O)O. The first-order valence-corrected chi connectivity index (χ1v) is 8.64. The summed E-state index contributed by atoms with van der Waals surface area (Å²) in [5, 5.41) is 12.3. The lowest BCUT2D eigenvalue weighted by Gasteiger charge is -2.19. The molecule has 0 spiro atoms. The smallest absolute Gasteiger partial charge is 0.341 e. The lowest BCUT2D eigenvalue weighted by Crippen LogP contribution is -2.39. The van der Waals surface area contributed by atoms with Gasteiger partial charge in [-0.15, -0.1) is 0 Å². The number of carboxylic acids is 1. The molecule has 0 unspecified atom stereocenters. The highest BCUT2D eigenvalue weighted by Crippen LogP contribution is 2.27. The molecule has 2 aromatic carbocycles. The Morgan fingerprint density at radius 3 is 2.67 bits per heavy atom. The Hall–Kier alpha value is -2.48. The van der Waals surface area contributed by atoms with E-state index in [4.69, 9.17) is 19.3 Å². The highest BCUT2D eigenvalue weighted by molar-refractivity contribution is 5.69. The van der Waals surface area contributed by atoms with Crippen molar-refractivity contribution in [3.8, 4) is 16.9 Å². The van der Waals surface area contributed by atoms with Crippen LogP contribution < -0.4 is 10.1 Å². The Morgan fingerprint density at radius 1 is 1.22 bits per heavy atom. The average molecular weight is 375 g/mol. The standard InChI is InChI=1S/C20H22FNO5/c1-25-19-11-26-10-17(19)22-9-15-8-14(13-2-5-16(21)6-3-13)4-7-18(15)27-12-20(23)24/h2-8,17,19,22H,9-12H2,1H3,(H,23,24)/t17-,19-/m0/s1. The van der Waals surface area contributed by atoms with Crippen molar-refractivity contribution >= 4 is 5.97 Å². The van der Waals surface area contributed by atoms with E-state index in [2.05, 4.69) is 5.32 Å². The fourth-order valence-electron chi connectivity index (χ4n) is 3.02. The lowest BCUT2D eigenvalue weighted by atomic mass is 10.0. The van der Waals surface area contributed by atoms with Crippen molar-refractivity contribution in [2.24, 2.45) is 0 Å². The van der Waals surface area contributed by atoms with E-state index in [9.17, 15) is 9.18 Å². The van der Waals surface area contributed by atoms with Gasteiger partial charge in [-0.05, 0) is 35.4 Å². The summed E-state index contributed by atoms with van der Waals surface area (Å²) in [4.78, 5) is 10.8. The van der Waals surface area contributed by atoms with Gasteiger partial charge in [0, 0.05) is 19.2 Å². The Bertz CT molecular complexity index is 780. The minimum Gasteiger partial charge on any atom is -0.482 e. The first kappa shape index (κ1) is 19.3. The summed E-state index contributed by atoms with van der Waals surface area (Å²) >= 11 is 0. The van der Waals surface area contributed by atoms with Crippen molar-refractivity contribution in [3.63, 3.8) is 0 Å². The molecule has 2 N–H and O–H groups in total. The van der Waals surface area contributed by atoms with Crippen LogP contribution in [0.4, 0.5) is 4.39 Å². The summed E-state index contributed by atoms with van der Waals surface area (Å²) in [5.41, 5.74) is 2.56. The second kappa shape index (κ2) is 8.94. The van der Waals surface area contributed by atoms with Crippen molar-refractivity contribution in [1.29, 1.82) is 0 Å². The minimum atomic E-state index is -1.04. The highest BCUT2D eigenvalue weighted by atomic mass is 19.1. The maximum absolute atomic E-state index is 13.2. The Balaban J connectivity index is 1.81. The van der Waals surface area contributed by atoms with Gasteiger partial charge in [0.05, 0.1) is 25.4 Å². The van der Waals surface area contributed by atoms with Crippen LogP contribution in [-0.2, 0) is 20.8 Å². The Morgan fingerprint density at radius 2 is 1.96 bits per heavy atom. The predicted molar refractivity (Wildman–Crippen MR) is 97.2 cm³/mol. The van der Waals surface area contributed by atoms with Gasteiger partial charge in [0.15, 0.2) is 6.61 Å². The van der Waals surface area contributed by atoms with E-state index in [1.165, 1.54) is 12.1 Å². The molecule has 7 heteroatoms. The molecule has 1 aliphatic rings. The van der Waals surface area contributed by atoms with Crippen LogP contribution >= 0.6 is 0 Å². The molecule has 0 aromatic heterocycles. The summed E-state index contributed by atoms with van der Waals surface area (Å²) in [6.45, 7) is 1.11. The van der Waals surface area contributed by atoms with Crippen LogP contribution in [0.15, 0.2) is 42.5 Å². The number of aliphatic carboxylic acids is 1. The maximum Gasteiger partial charge on any atom is 0.341 e. The van der Waals surface area contributed by atoms with Gasteiger partial charge in [-0.3, -0.25) is 0 Å². The van der Waals surface area contributed by atoms with E-state index in [0.29, 0.717) is 25.5 Å². The highest BCUT2D eigenvalue weighted by Gasteiger charge is 2.27. The number of nitrogens with one attached hydrogen (secondary N) is 1. The number of rotatable bonds is 8. The first-order valence-electron chi connectivity index (χ1n) is 8.64. The normalized spacial score (nSPS) is 19.2. The van der Waals surface area contributed by atoms with E-state index in [1.54, 1.807) is 25.3 Å². The molecule has 1 fully saturated rings. The first-order chi connectivity index (χ1) is 13.1. The molecule has 1 heterocycles. The molecular weight excluding hydrogens is 353 g/mol. The van der Waals surface area contributed by atoms with Crippen molar-refractivity contribution in [2.45, 2.75) is 18.7 Å². The van der Waals surface area contributed by atoms with Gasteiger partial charge in [0.1, 0.15) is 11.6 Å². The third-order valence-corrected chi connectivity index (χ3v) is 4.47. The zero-order valence-electron chi connectivity index (χ0n) is 15.0. The average Bonchev–Trinajstić information content (AvgIpc) is 3.13. The molecule has 144 valence electrons. The molecular formula is C20H22FNO5. The third-order valence-electron chi connectivity index (χ3n) is 4.47. The fourth-order valence-corrected chi connectivity index (χ4v) is 3.02. The van der Waals surface area contributed by atoms with Gasteiger partial charge in [-0.25, -0.2) is 9.18 Å². The molecule has 0 radical (unpaired) electrons. The van der Waals surface area contributed by atoms with Gasteiger partial charge < -0.3 is 24.6 Å². The van der Waals surface area contributed by atoms with Crippen molar-refractivity contribution < 1.29 is 28.5 Å². The molecule has 1 saturated heterocycles. The lowest BCUT2D eigenvalue weighted by molar-refractivity contribution is -0.139. The van der Waals surface area contributed by atoms with Gasteiger partial charge in [-0.1, -0.05) is 18.2 Å². The number of carbonyl (C=O) groups is 1. The van der Waals surface area contributed by atoms with Crippen LogP contribution in [0.1, 0.15) is 5.56 Å². The second-order valence-electron chi connectivity index (χ2n) is 6.31. The number of benzene rings is 2. The number of halogens is 1. The van der Waals surface area contributed by atoms with Crippen molar-refractivity contribution in [3.05, 3.63) is 53.8 Å². The Kier molecular flexibility index (Phi) is 6.39. The molecule has 0 amide bonds. The fraction of sp³-hybridized carbons (Fsp3) is 0.350. The van der Waals surface area contributed by atoms with Crippen molar-refractivity contribution in [1.82, 2.24) is 5.32 Å². The Labute approximate surface area is 156 Å². The van der Waals surface area contributed by atoms with E-state index in [0.717, 1.165) is 16.7 Å². The van der Waals surface area contributed by atoms with E-state index >= 15 is 0 Å². The van der Waals surface area contributed by atoms with Crippen LogP contribution in [0, 0.1) is 5.82 Å². The molecule has 2 aromatic rings. The van der Waals surface area contributed by atoms with Crippen molar-refractivity contribution in [2.75, 3.05) is 26.9 Å². The molecule has 0 bridgehead atoms. The van der Waals surface area contributed by atoms with Crippen LogP contribution in [0.25, 0.3) is 11.1 Å². The summed E-state index contributed by atoms with van der Waals surface area (Å²) in [6, 6.07) is 11.7. The summed E-state index contributed by atoms with van der Waals surface area (Å²) in [5.74, 6) is -0.849. The minimum absolute atomic E-state index is 0.0336. The zero-order chi connectivity index (χ0) is 19.2. The maximum atomic E-state index is 13.2. The van der Waals surface area contributed by atoms with E-state index in [1.807, 2.05) is 12.1 Å². The zero-order valence-corrected chi connectivity index (χ0v) is 15.0. The molecule has 0 saturated carbocycles. The third kappa shape index (κ3) is 5.03. The van der Waals surface area contributed by atoms with Crippen LogP contribution in [0.5, 0.6) is 5.75 Å². The van der Waals surface area contributed by atoms with Gasteiger partial charge in [-0.2, -0.15) is 0 Å². The van der Waals surface area contributed by atoms with Crippen LogP contribution in [-0.4, -0.2) is 50.2 Å². The summed E-state index contributed by atoms with van der Waals surface area (Å²) in [6.07, 6.45) is -0.0336. The molecule has 2 atom stereocenters. The van der Waals surface area contributed by atoms with Crippen LogP contribution in [0.2, 0.25) is 0 Å². The number of carboxylic acid groups (broad SMARTS) is 1. The monoisotopic (exact) mass is 375 g/mol. The molecule has 3 rings (SSSR count). The molecule has 6 nitrogen and oxygen atoms in total. The summed E-state index contributed by atoms with van der Waals surface area (Å²) in [7, 11) is 1.64. The van der Waals surface area contributed by atoms with Crippen LogP contribution in [0.3, 0.4) is 0 Å². The molecule has 27 heavy (non-hydrogen) atoms. The van der Waals surface area contributed by atoms with Gasteiger partial charge in [0.25, 0.3) is 0 Å². The molecule has 1 aliphatic heterocycles. The quantitative estimate of drug-likeness (QED) is 0.738. The van der Waals surface area contributed by atoms with E-state index < -0.39 is 12.6 Å². The van der Waals surface area contributed by atoms with Gasteiger partial charge >= 0.3 is 5.97 Å². The predicted octanol–water partition coefficient (Wildman–Crippen LogP) is 2.46. The topological polar surface area (TPSA) is 77.0 Å². The molecule has 0 aliphatic carbocycles. The number of ether oxygens (including phenoxy) is 3. The van der Waals surface area contributed by atoms with Gasteiger partial charge in [0.2, 0.25) is 0 Å².